The SMILES string of the molecule is CCCCn1c(N)c(N(Cc2ccco2)C(=O)CCN2C(=O)CSc3ccccc32)c(=O)[nH]c1=O. The zero-order valence-electron chi connectivity index (χ0n) is 19.4. The number of carbonyl (C=O) groups is 2. The van der Waals surface area contributed by atoms with Crippen molar-refractivity contribution in [2.75, 3.05) is 27.8 Å². The van der Waals surface area contributed by atoms with Gasteiger partial charge in [0.25, 0.3) is 5.56 Å². The number of nitrogen functional groups attached to an aromatic ring is 1. The first-order chi connectivity index (χ1) is 16.9. The van der Waals surface area contributed by atoms with Crippen LogP contribution >= 0.6 is 11.8 Å². The molecular weight excluding hydrogens is 470 g/mol. The number of hydrogen-bond acceptors (Lipinski definition) is 7. The quantitative estimate of drug-likeness (QED) is 0.464. The molecule has 4 rings (SSSR count). The lowest BCUT2D eigenvalue weighted by molar-refractivity contribution is -0.119. The number of H-pyrrole nitrogens is 1. The summed E-state index contributed by atoms with van der Waals surface area (Å²) >= 11 is 1.46. The number of aromatic amines is 1. The van der Waals surface area contributed by atoms with E-state index in [1.165, 1.54) is 27.5 Å². The van der Waals surface area contributed by atoms with Gasteiger partial charge in [-0.3, -0.25) is 28.8 Å². The summed E-state index contributed by atoms with van der Waals surface area (Å²) in [5, 5.41) is 0. The minimum absolute atomic E-state index is 0.0501. The number of amides is 2. The van der Waals surface area contributed by atoms with Crippen LogP contribution in [0, 0.1) is 0 Å². The number of anilines is 3. The number of nitrogens with one attached hydrogen (secondary N) is 1. The van der Waals surface area contributed by atoms with Crippen molar-refractivity contribution in [1.29, 1.82) is 0 Å². The van der Waals surface area contributed by atoms with Gasteiger partial charge in [-0.15, -0.1) is 11.8 Å². The number of carbonyl (C=O) groups excluding carboxylic acids is 2. The third-order valence-electron chi connectivity index (χ3n) is 5.77. The molecular formula is C24H27N5O5S. The molecule has 0 saturated heterocycles. The Hall–Kier alpha value is -3.73. The van der Waals surface area contributed by atoms with Crippen LogP contribution in [0.2, 0.25) is 0 Å². The van der Waals surface area contributed by atoms with E-state index in [1.807, 2.05) is 31.2 Å². The Morgan fingerprint density at radius 3 is 2.71 bits per heavy atom. The summed E-state index contributed by atoms with van der Waals surface area (Å²) in [6, 6.07) is 10.9. The molecule has 1 aliphatic rings. The number of para-hydroxylation sites is 1. The van der Waals surface area contributed by atoms with E-state index in [4.69, 9.17) is 10.2 Å². The lowest BCUT2D eigenvalue weighted by atomic mass is 10.2. The molecule has 11 heteroatoms. The number of aromatic nitrogens is 2. The van der Waals surface area contributed by atoms with Crippen LogP contribution in [-0.2, 0) is 22.7 Å². The number of nitrogens with two attached hydrogens (primary N) is 1. The molecule has 1 aromatic carbocycles. The highest BCUT2D eigenvalue weighted by atomic mass is 32.2. The molecule has 0 atom stereocenters. The monoisotopic (exact) mass is 497 g/mol. The molecule has 2 aromatic heterocycles. The normalized spacial score (nSPS) is 13.1. The fourth-order valence-electron chi connectivity index (χ4n) is 3.97. The van der Waals surface area contributed by atoms with Gasteiger partial charge in [-0.05, 0) is 30.7 Å². The Balaban J connectivity index is 1.65. The number of nitrogens with zero attached hydrogens (tertiary/aromatic N) is 3. The van der Waals surface area contributed by atoms with Crippen LogP contribution in [0.1, 0.15) is 31.9 Å². The van der Waals surface area contributed by atoms with Gasteiger partial charge in [-0.2, -0.15) is 0 Å². The van der Waals surface area contributed by atoms with E-state index in [2.05, 4.69) is 4.98 Å². The van der Waals surface area contributed by atoms with E-state index >= 15 is 0 Å². The van der Waals surface area contributed by atoms with Crippen LogP contribution in [0.5, 0.6) is 0 Å². The second-order valence-electron chi connectivity index (χ2n) is 8.11. The van der Waals surface area contributed by atoms with E-state index in [-0.39, 0.29) is 42.7 Å². The van der Waals surface area contributed by atoms with Gasteiger partial charge in [0.15, 0.2) is 5.69 Å². The minimum Gasteiger partial charge on any atom is -0.467 e. The standard InChI is InChI=1S/C24H27N5O5S/c1-2-3-11-28-22(25)21(23(32)26-24(28)33)29(14-16-7-6-13-34-16)19(30)10-12-27-17-8-4-5-9-18(17)35-15-20(27)31/h4-9,13H,2-3,10-12,14-15,25H2,1H3,(H,26,32,33). The van der Waals surface area contributed by atoms with E-state index < -0.39 is 17.2 Å². The summed E-state index contributed by atoms with van der Waals surface area (Å²) in [4.78, 5) is 57.4. The zero-order valence-corrected chi connectivity index (χ0v) is 20.2. The lowest BCUT2D eigenvalue weighted by Crippen LogP contribution is -2.43. The highest BCUT2D eigenvalue weighted by molar-refractivity contribution is 8.00. The number of fused-ring (bicyclic) bond motifs is 1. The van der Waals surface area contributed by atoms with Crippen molar-refractivity contribution < 1.29 is 14.0 Å². The number of hydrogen-bond donors (Lipinski definition) is 2. The number of unbranched alkanes of at least 4 members (excludes halogenated alkanes) is 1. The first-order valence-electron chi connectivity index (χ1n) is 11.4. The molecule has 3 N–H and O–H groups in total. The number of benzene rings is 1. The second-order valence-corrected chi connectivity index (χ2v) is 9.13. The molecule has 1 aliphatic heterocycles. The average molecular weight is 498 g/mol. The molecule has 0 saturated carbocycles. The summed E-state index contributed by atoms with van der Waals surface area (Å²) in [5.41, 5.74) is 5.54. The van der Waals surface area contributed by atoms with Crippen molar-refractivity contribution in [3.8, 4) is 0 Å². The van der Waals surface area contributed by atoms with Gasteiger partial charge in [-0.1, -0.05) is 25.5 Å². The average Bonchev–Trinajstić information content (AvgIpc) is 3.35. The third-order valence-corrected chi connectivity index (χ3v) is 6.82. The summed E-state index contributed by atoms with van der Waals surface area (Å²) in [6.07, 6.45) is 2.91. The Morgan fingerprint density at radius 1 is 1.17 bits per heavy atom. The van der Waals surface area contributed by atoms with Crippen LogP contribution in [0.15, 0.2) is 61.6 Å². The number of rotatable bonds is 9. The fraction of sp³-hybridized carbons (Fsp3) is 0.333. The highest BCUT2D eigenvalue weighted by Gasteiger charge is 2.28. The van der Waals surface area contributed by atoms with Gasteiger partial charge in [0, 0.05) is 24.4 Å². The molecule has 0 aliphatic carbocycles. The van der Waals surface area contributed by atoms with Crippen molar-refractivity contribution >= 4 is 40.8 Å². The molecule has 0 unspecified atom stereocenters. The van der Waals surface area contributed by atoms with Crippen LogP contribution < -0.4 is 26.8 Å². The van der Waals surface area contributed by atoms with Crippen molar-refractivity contribution in [2.24, 2.45) is 0 Å². The van der Waals surface area contributed by atoms with Crippen LogP contribution in [0.3, 0.4) is 0 Å². The van der Waals surface area contributed by atoms with Gasteiger partial charge in [0.05, 0.1) is 24.2 Å². The molecule has 0 radical (unpaired) electrons. The molecule has 3 aromatic rings. The first kappa shape index (κ1) is 24.4. The minimum atomic E-state index is -0.754. The number of furan rings is 1. The molecule has 3 heterocycles. The van der Waals surface area contributed by atoms with Crippen LogP contribution in [0.4, 0.5) is 17.2 Å². The third kappa shape index (κ3) is 5.19. The second kappa shape index (κ2) is 10.7. The maximum atomic E-state index is 13.5. The highest BCUT2D eigenvalue weighted by Crippen LogP contribution is 2.35. The zero-order chi connectivity index (χ0) is 24.9. The predicted octanol–water partition coefficient (Wildman–Crippen LogP) is 2.57. The summed E-state index contributed by atoms with van der Waals surface area (Å²) in [5.74, 6) is 0.130. The summed E-state index contributed by atoms with van der Waals surface area (Å²) < 4.78 is 6.68. The molecule has 10 nitrogen and oxygen atoms in total. The lowest BCUT2D eigenvalue weighted by Gasteiger charge is -2.30. The largest absolute Gasteiger partial charge is 0.467 e. The fourth-order valence-corrected chi connectivity index (χ4v) is 4.90. The van der Waals surface area contributed by atoms with E-state index in [9.17, 15) is 19.2 Å². The molecule has 0 fully saturated rings. The van der Waals surface area contributed by atoms with E-state index in [0.717, 1.165) is 17.0 Å². The van der Waals surface area contributed by atoms with Gasteiger partial charge < -0.3 is 15.1 Å². The van der Waals surface area contributed by atoms with Crippen molar-refractivity contribution in [1.82, 2.24) is 9.55 Å². The maximum absolute atomic E-state index is 13.5. The molecule has 0 bridgehead atoms. The predicted molar refractivity (Wildman–Crippen MR) is 135 cm³/mol. The summed E-state index contributed by atoms with van der Waals surface area (Å²) in [7, 11) is 0. The van der Waals surface area contributed by atoms with Gasteiger partial charge in [-0.25, -0.2) is 4.79 Å². The van der Waals surface area contributed by atoms with Crippen molar-refractivity contribution in [2.45, 2.75) is 44.2 Å². The Labute approximate surface area is 205 Å². The van der Waals surface area contributed by atoms with Crippen LogP contribution in [0.25, 0.3) is 0 Å². The number of thioether (sulfide) groups is 1. The molecule has 2 amide bonds. The Kier molecular flexibility index (Phi) is 7.45. The Bertz CT molecular complexity index is 1330. The van der Waals surface area contributed by atoms with Gasteiger partial charge in [0.1, 0.15) is 11.6 Å². The van der Waals surface area contributed by atoms with Crippen molar-refractivity contribution in [3.63, 3.8) is 0 Å². The summed E-state index contributed by atoms with van der Waals surface area (Å²) in [6.45, 7) is 2.37. The van der Waals surface area contributed by atoms with Gasteiger partial charge in [0.2, 0.25) is 11.8 Å². The van der Waals surface area contributed by atoms with E-state index in [1.54, 1.807) is 17.0 Å². The van der Waals surface area contributed by atoms with Crippen LogP contribution in [-0.4, -0.2) is 33.7 Å². The molecule has 35 heavy (non-hydrogen) atoms. The molecule has 184 valence electrons. The topological polar surface area (TPSA) is 135 Å². The first-order valence-corrected chi connectivity index (χ1v) is 12.4. The smallest absolute Gasteiger partial charge is 0.330 e. The molecule has 0 spiro atoms. The Morgan fingerprint density at radius 2 is 1.97 bits per heavy atom. The van der Waals surface area contributed by atoms with Crippen molar-refractivity contribution in [3.05, 3.63) is 69.3 Å². The van der Waals surface area contributed by atoms with E-state index in [0.29, 0.717) is 18.7 Å². The van der Waals surface area contributed by atoms with Gasteiger partial charge >= 0.3 is 5.69 Å². The maximum Gasteiger partial charge on any atom is 0.330 e.